The van der Waals surface area contributed by atoms with Gasteiger partial charge >= 0.3 is 0 Å². The molecule has 3 aromatic rings. The fraction of sp³-hybridized carbons (Fsp3) is 0.300. The molecule has 1 aliphatic rings. The number of hydrogen-bond donors (Lipinski definition) is 1. The first kappa shape index (κ1) is 16.8. The minimum Gasteiger partial charge on any atom is -0.380 e. The number of fused-ring (bicyclic) bond motifs is 1. The minimum atomic E-state index is -0.743. The van der Waals surface area contributed by atoms with Gasteiger partial charge in [0.05, 0.1) is 23.6 Å². The number of aliphatic hydroxyl groups is 1. The molecule has 2 aromatic heterocycles. The van der Waals surface area contributed by atoms with E-state index in [1.807, 2.05) is 42.1 Å². The maximum atomic E-state index is 10.6. The van der Waals surface area contributed by atoms with E-state index in [1.54, 1.807) is 10.9 Å². The van der Waals surface area contributed by atoms with Crippen LogP contribution in [0.5, 0.6) is 0 Å². The Bertz CT molecular complexity index is 896. The molecule has 1 aliphatic heterocycles. The van der Waals surface area contributed by atoms with Crippen LogP contribution in [0.1, 0.15) is 28.7 Å². The standard InChI is InChI=1S/C20H23N5O/c1-23-19(9-10-21-23)20(26)18-14-17-15-24(12-13-25(17)22-18)11-5-8-16-6-3-2-4-7-16/h2-10,14,20,26H,11-13,15H2,1H3/b8-5+/t20-/m1/s1. The highest BCUT2D eigenvalue weighted by atomic mass is 16.3. The van der Waals surface area contributed by atoms with Gasteiger partial charge in [-0.2, -0.15) is 10.2 Å². The summed E-state index contributed by atoms with van der Waals surface area (Å²) in [5.41, 5.74) is 3.80. The predicted molar refractivity (Wildman–Crippen MR) is 100 cm³/mol. The van der Waals surface area contributed by atoms with Crippen molar-refractivity contribution in [2.45, 2.75) is 19.2 Å². The summed E-state index contributed by atoms with van der Waals surface area (Å²) in [6.07, 6.45) is 5.30. The van der Waals surface area contributed by atoms with Crippen molar-refractivity contribution in [1.82, 2.24) is 24.5 Å². The quantitative estimate of drug-likeness (QED) is 0.767. The molecule has 0 aliphatic carbocycles. The average molecular weight is 349 g/mol. The molecule has 0 saturated carbocycles. The summed E-state index contributed by atoms with van der Waals surface area (Å²) >= 11 is 0. The minimum absolute atomic E-state index is 0.685. The van der Waals surface area contributed by atoms with E-state index in [0.29, 0.717) is 5.69 Å². The summed E-state index contributed by atoms with van der Waals surface area (Å²) in [7, 11) is 1.83. The lowest BCUT2D eigenvalue weighted by Crippen LogP contribution is -2.33. The van der Waals surface area contributed by atoms with Gasteiger partial charge in [-0.15, -0.1) is 0 Å². The van der Waals surface area contributed by atoms with Gasteiger partial charge in [0.15, 0.2) is 0 Å². The van der Waals surface area contributed by atoms with Crippen LogP contribution < -0.4 is 0 Å². The van der Waals surface area contributed by atoms with E-state index in [9.17, 15) is 5.11 Å². The molecule has 0 radical (unpaired) electrons. The van der Waals surface area contributed by atoms with E-state index < -0.39 is 6.10 Å². The van der Waals surface area contributed by atoms with Crippen LogP contribution >= 0.6 is 0 Å². The van der Waals surface area contributed by atoms with Gasteiger partial charge in [-0.25, -0.2) is 0 Å². The van der Waals surface area contributed by atoms with Crippen LogP contribution in [0.2, 0.25) is 0 Å². The van der Waals surface area contributed by atoms with E-state index in [0.717, 1.165) is 37.6 Å². The first-order chi connectivity index (χ1) is 12.7. The van der Waals surface area contributed by atoms with Gasteiger partial charge in [0.25, 0.3) is 0 Å². The average Bonchev–Trinajstić information content (AvgIpc) is 3.28. The molecule has 0 fully saturated rings. The van der Waals surface area contributed by atoms with Gasteiger partial charge in [0.1, 0.15) is 6.10 Å². The van der Waals surface area contributed by atoms with Crippen LogP contribution in [0.15, 0.2) is 54.7 Å². The first-order valence-electron chi connectivity index (χ1n) is 8.87. The Morgan fingerprint density at radius 2 is 2.04 bits per heavy atom. The highest BCUT2D eigenvalue weighted by Crippen LogP contribution is 2.23. The molecule has 0 bridgehead atoms. The number of nitrogens with zero attached hydrogens (tertiary/aromatic N) is 5. The Balaban J connectivity index is 1.42. The Labute approximate surface area is 153 Å². The van der Waals surface area contributed by atoms with Crippen LogP contribution in [0.3, 0.4) is 0 Å². The van der Waals surface area contributed by atoms with Crippen molar-refractivity contribution < 1.29 is 5.11 Å². The van der Waals surface area contributed by atoms with Crippen LogP contribution in [0.25, 0.3) is 6.08 Å². The Hall–Kier alpha value is -2.70. The summed E-state index contributed by atoms with van der Waals surface area (Å²) in [6, 6.07) is 14.2. The molecule has 4 rings (SSSR count). The second-order valence-corrected chi connectivity index (χ2v) is 6.61. The Morgan fingerprint density at radius 3 is 2.81 bits per heavy atom. The monoisotopic (exact) mass is 349 g/mol. The van der Waals surface area contributed by atoms with Gasteiger partial charge in [-0.3, -0.25) is 14.3 Å². The smallest absolute Gasteiger partial charge is 0.139 e. The molecule has 0 saturated heterocycles. The van der Waals surface area contributed by atoms with E-state index in [4.69, 9.17) is 0 Å². The van der Waals surface area contributed by atoms with E-state index in [2.05, 4.69) is 39.4 Å². The largest absolute Gasteiger partial charge is 0.380 e. The van der Waals surface area contributed by atoms with Gasteiger partial charge in [0.2, 0.25) is 0 Å². The number of hydrogen-bond acceptors (Lipinski definition) is 4. The van der Waals surface area contributed by atoms with Crippen LogP contribution in [0, 0.1) is 0 Å². The molecule has 1 aromatic carbocycles. The topological polar surface area (TPSA) is 59.1 Å². The summed E-state index contributed by atoms with van der Waals surface area (Å²) < 4.78 is 3.69. The van der Waals surface area contributed by atoms with Crippen molar-refractivity contribution in [3.05, 3.63) is 77.4 Å². The first-order valence-corrected chi connectivity index (χ1v) is 8.87. The van der Waals surface area contributed by atoms with Crippen LogP contribution in [-0.2, 0) is 20.1 Å². The second-order valence-electron chi connectivity index (χ2n) is 6.61. The lowest BCUT2D eigenvalue weighted by Gasteiger charge is -2.26. The van der Waals surface area contributed by atoms with Gasteiger partial charge in [-0.1, -0.05) is 42.5 Å². The van der Waals surface area contributed by atoms with Crippen molar-refractivity contribution in [3.63, 3.8) is 0 Å². The fourth-order valence-electron chi connectivity index (χ4n) is 3.34. The van der Waals surface area contributed by atoms with Crippen molar-refractivity contribution in [1.29, 1.82) is 0 Å². The van der Waals surface area contributed by atoms with E-state index in [1.165, 1.54) is 5.56 Å². The summed E-state index contributed by atoms with van der Waals surface area (Å²) in [6.45, 7) is 3.53. The number of aliphatic hydroxyl groups excluding tert-OH is 1. The summed E-state index contributed by atoms with van der Waals surface area (Å²) in [5.74, 6) is 0. The highest BCUT2D eigenvalue weighted by molar-refractivity contribution is 5.48. The molecule has 6 nitrogen and oxygen atoms in total. The molecular weight excluding hydrogens is 326 g/mol. The Kier molecular flexibility index (Phi) is 4.69. The van der Waals surface area contributed by atoms with Gasteiger partial charge in [-0.05, 0) is 17.7 Å². The maximum Gasteiger partial charge on any atom is 0.139 e. The lowest BCUT2D eigenvalue weighted by molar-refractivity contribution is 0.201. The number of aromatic nitrogens is 4. The zero-order chi connectivity index (χ0) is 17.9. The lowest BCUT2D eigenvalue weighted by atomic mass is 10.1. The van der Waals surface area contributed by atoms with Crippen molar-refractivity contribution >= 4 is 6.08 Å². The maximum absolute atomic E-state index is 10.6. The van der Waals surface area contributed by atoms with Crippen molar-refractivity contribution in [2.75, 3.05) is 13.1 Å². The third-order valence-corrected chi connectivity index (χ3v) is 4.79. The molecule has 6 heteroatoms. The number of rotatable bonds is 5. The van der Waals surface area contributed by atoms with Gasteiger partial charge < -0.3 is 5.11 Å². The summed E-state index contributed by atoms with van der Waals surface area (Å²) in [5, 5.41) is 19.3. The molecule has 26 heavy (non-hydrogen) atoms. The number of benzene rings is 1. The SMILES string of the molecule is Cn1nccc1[C@H](O)c1cc2n(n1)CCN(C/C=C/c1ccccc1)C2. The fourth-order valence-corrected chi connectivity index (χ4v) is 3.34. The van der Waals surface area contributed by atoms with Crippen LogP contribution in [-0.4, -0.2) is 42.7 Å². The predicted octanol–water partition coefficient (Wildman–Crippen LogP) is 2.23. The second kappa shape index (κ2) is 7.27. The van der Waals surface area contributed by atoms with E-state index >= 15 is 0 Å². The zero-order valence-electron chi connectivity index (χ0n) is 14.9. The molecule has 0 unspecified atom stereocenters. The van der Waals surface area contributed by atoms with Crippen molar-refractivity contribution in [2.24, 2.45) is 7.05 Å². The van der Waals surface area contributed by atoms with Crippen LogP contribution in [0.4, 0.5) is 0 Å². The molecule has 0 spiro atoms. The summed E-state index contributed by atoms with van der Waals surface area (Å²) in [4.78, 5) is 2.39. The third-order valence-electron chi connectivity index (χ3n) is 4.79. The van der Waals surface area contributed by atoms with Gasteiger partial charge in [0, 0.05) is 32.9 Å². The van der Waals surface area contributed by atoms with Crippen molar-refractivity contribution in [3.8, 4) is 0 Å². The molecule has 3 heterocycles. The zero-order valence-corrected chi connectivity index (χ0v) is 14.9. The molecule has 134 valence electrons. The molecule has 1 N–H and O–H groups in total. The molecule has 0 amide bonds. The Morgan fingerprint density at radius 1 is 1.19 bits per heavy atom. The molecular formula is C20H23N5O. The van der Waals surface area contributed by atoms with E-state index in [-0.39, 0.29) is 0 Å². The third kappa shape index (κ3) is 3.47. The molecule has 1 atom stereocenters. The normalized spacial score (nSPS) is 16.1. The highest BCUT2D eigenvalue weighted by Gasteiger charge is 2.22. The number of aryl methyl sites for hydroxylation is 1.